The molecule has 0 fully saturated rings. The first-order valence-corrected chi connectivity index (χ1v) is 8.91. The lowest BCUT2D eigenvalue weighted by molar-refractivity contribution is -0.638. The van der Waals surface area contributed by atoms with Crippen LogP contribution in [0.3, 0.4) is 0 Å². The van der Waals surface area contributed by atoms with Gasteiger partial charge in [0.1, 0.15) is 16.3 Å². The molecule has 0 saturated carbocycles. The summed E-state index contributed by atoms with van der Waals surface area (Å²) in [6, 6.07) is 3.38. The van der Waals surface area contributed by atoms with Gasteiger partial charge in [0.05, 0.1) is 11.4 Å². The van der Waals surface area contributed by atoms with Crippen molar-refractivity contribution in [3.05, 3.63) is 47.5 Å². The molecule has 0 unspecified atom stereocenters. The quantitative estimate of drug-likeness (QED) is 0.522. The van der Waals surface area contributed by atoms with Crippen molar-refractivity contribution in [1.29, 1.82) is 0 Å². The number of rotatable bonds is 4. The highest BCUT2D eigenvalue weighted by Gasteiger charge is 2.09. The van der Waals surface area contributed by atoms with E-state index >= 15 is 0 Å². The molecule has 0 aliphatic heterocycles. The smallest absolute Gasteiger partial charge is 0.266 e. The van der Waals surface area contributed by atoms with Crippen molar-refractivity contribution in [3.63, 3.8) is 0 Å². The molecule has 128 valence electrons. The van der Waals surface area contributed by atoms with Crippen LogP contribution in [0, 0.1) is 20.8 Å². The molecule has 0 saturated heterocycles. The molecule has 2 aromatic rings. The summed E-state index contributed by atoms with van der Waals surface area (Å²) in [6.45, 7) is 8.37. The molecule has 0 aliphatic rings. The number of nitrogen functional groups attached to an aromatic ring is 1. The first-order chi connectivity index (χ1) is 10.6. The van der Waals surface area contributed by atoms with Crippen LogP contribution < -0.4 is 10.5 Å². The number of hydrogen-bond acceptors (Lipinski definition) is 4. The van der Waals surface area contributed by atoms with Crippen LogP contribution in [0.2, 0.25) is 0 Å². The van der Waals surface area contributed by atoms with E-state index in [1.807, 2.05) is 25.6 Å². The Morgan fingerprint density at radius 3 is 2.17 bits per heavy atom. The number of nitrogens with zero attached hydrogens (tertiary/aromatic N) is 2. The van der Waals surface area contributed by atoms with Crippen molar-refractivity contribution in [2.24, 2.45) is 0 Å². The summed E-state index contributed by atoms with van der Waals surface area (Å²) in [5, 5.41) is 0. The summed E-state index contributed by atoms with van der Waals surface area (Å²) in [6.07, 6.45) is 8.15. The second-order valence-corrected chi connectivity index (χ2v) is 6.95. The number of imidazole rings is 1. The lowest BCUT2D eigenvalue weighted by Crippen LogP contribution is -2.41. The van der Waals surface area contributed by atoms with Crippen molar-refractivity contribution in [1.82, 2.24) is 4.57 Å². The van der Waals surface area contributed by atoms with Crippen LogP contribution >= 0.6 is 0 Å². The van der Waals surface area contributed by atoms with E-state index in [2.05, 4.69) is 11.5 Å². The van der Waals surface area contributed by atoms with Gasteiger partial charge >= 0.3 is 0 Å². The minimum absolute atomic E-state index is 0.0851. The second kappa shape index (κ2) is 8.12. The maximum atomic E-state index is 10.8. The van der Waals surface area contributed by atoms with Crippen LogP contribution in [-0.2, 0) is 16.7 Å². The lowest BCUT2D eigenvalue weighted by Gasteiger charge is -2.14. The van der Waals surface area contributed by atoms with Gasteiger partial charge in [0.15, 0.2) is 6.20 Å². The number of aromatic nitrogens is 2. The molecule has 2 N–H and O–H groups in total. The maximum absolute atomic E-state index is 10.8. The Bertz CT molecular complexity index is 729. The molecule has 2 rings (SSSR count). The lowest BCUT2D eigenvalue weighted by atomic mass is 10.1. The third-order valence-electron chi connectivity index (χ3n) is 3.34. The van der Waals surface area contributed by atoms with Gasteiger partial charge in [-0.3, -0.25) is 5.84 Å². The zero-order chi connectivity index (χ0) is 17.6. The van der Waals surface area contributed by atoms with E-state index in [1.165, 1.54) is 12.8 Å². The Kier molecular flexibility index (Phi) is 6.78. The fraction of sp³-hybridized carbons (Fsp3) is 0.438. The molecule has 0 spiro atoms. The number of aryl methyl sites for hydroxylation is 4. The van der Waals surface area contributed by atoms with Crippen LogP contribution in [0.4, 0.5) is 0 Å². The van der Waals surface area contributed by atoms with E-state index in [4.69, 9.17) is 5.84 Å². The van der Waals surface area contributed by atoms with Crippen LogP contribution in [0.25, 0.3) is 0 Å². The molecule has 0 aliphatic carbocycles. The largest absolute Gasteiger partial charge is 0.744 e. The van der Waals surface area contributed by atoms with E-state index in [-0.39, 0.29) is 4.90 Å². The minimum Gasteiger partial charge on any atom is -0.744 e. The van der Waals surface area contributed by atoms with Gasteiger partial charge in [-0.25, -0.2) is 13.0 Å². The van der Waals surface area contributed by atoms with Crippen molar-refractivity contribution in [3.8, 4) is 0 Å². The summed E-state index contributed by atoms with van der Waals surface area (Å²) >= 11 is 0. The summed E-state index contributed by atoms with van der Waals surface area (Å²) < 4.78 is 36.1. The average Bonchev–Trinajstić information content (AvgIpc) is 2.80. The Hall–Kier alpha value is -1.86. The zero-order valence-electron chi connectivity index (χ0n) is 14.1. The third-order valence-corrected chi connectivity index (χ3v) is 4.48. The van der Waals surface area contributed by atoms with E-state index in [9.17, 15) is 13.0 Å². The van der Waals surface area contributed by atoms with Crippen molar-refractivity contribution in [2.75, 3.05) is 5.84 Å². The molecule has 0 atom stereocenters. The molecular formula is C16H25N3O3S. The van der Waals surface area contributed by atoms with Gasteiger partial charge in [-0.1, -0.05) is 31.0 Å². The highest BCUT2D eigenvalue weighted by atomic mass is 32.2. The first kappa shape index (κ1) is 19.2. The van der Waals surface area contributed by atoms with Gasteiger partial charge < -0.3 is 4.55 Å². The highest BCUT2D eigenvalue weighted by molar-refractivity contribution is 7.85. The fourth-order valence-corrected chi connectivity index (χ4v) is 3.35. The van der Waals surface area contributed by atoms with E-state index in [0.717, 1.165) is 12.1 Å². The van der Waals surface area contributed by atoms with Gasteiger partial charge in [-0.2, -0.15) is 0 Å². The maximum Gasteiger partial charge on any atom is 0.266 e. The molecule has 7 heteroatoms. The summed E-state index contributed by atoms with van der Waals surface area (Å²) in [5.41, 5.74) is 2.00. The highest BCUT2D eigenvalue weighted by Crippen LogP contribution is 2.20. The molecule has 0 bridgehead atoms. The molecule has 1 aromatic heterocycles. The number of unbranched alkanes of at least 4 members (excludes halogenated alkanes) is 1. The van der Waals surface area contributed by atoms with Gasteiger partial charge in [-0.05, 0) is 38.3 Å². The predicted octanol–water partition coefficient (Wildman–Crippen LogP) is 1.81. The molecule has 1 aromatic carbocycles. The van der Waals surface area contributed by atoms with E-state index in [0.29, 0.717) is 11.1 Å². The van der Waals surface area contributed by atoms with Crippen LogP contribution in [0.15, 0.2) is 35.7 Å². The van der Waals surface area contributed by atoms with Crippen molar-refractivity contribution in [2.45, 2.75) is 52.0 Å². The van der Waals surface area contributed by atoms with E-state index < -0.39 is 10.1 Å². The summed E-state index contributed by atoms with van der Waals surface area (Å²) in [5.74, 6) is 5.45. The average molecular weight is 339 g/mol. The van der Waals surface area contributed by atoms with Crippen LogP contribution in [-0.4, -0.2) is 17.5 Å². The topological polar surface area (TPSA) is 92.0 Å². The molecule has 0 amide bonds. The van der Waals surface area contributed by atoms with E-state index in [1.54, 1.807) is 30.7 Å². The second-order valence-electron chi connectivity index (χ2n) is 5.63. The van der Waals surface area contributed by atoms with Crippen molar-refractivity contribution >= 4 is 10.1 Å². The Labute approximate surface area is 138 Å². The molecular weight excluding hydrogens is 314 g/mol. The van der Waals surface area contributed by atoms with Gasteiger partial charge in [0, 0.05) is 0 Å². The normalized spacial score (nSPS) is 11.0. The number of hydrogen-bond donors (Lipinski definition) is 1. The fourth-order valence-electron chi connectivity index (χ4n) is 2.44. The Morgan fingerprint density at radius 2 is 1.78 bits per heavy atom. The standard InChI is InChI=1S/C9H12O3S.C7H14N3/c1-6-4-7(2)9(8(3)5-6)13(10,11)12;1-2-3-4-9-5-6-10(8)7-9/h4-5H,1-3H3,(H,10,11,12);5-7H,2-4,8H2,1H3/q;+1/p-1. The first-order valence-electron chi connectivity index (χ1n) is 7.51. The Morgan fingerprint density at radius 1 is 1.22 bits per heavy atom. The zero-order valence-corrected chi connectivity index (χ0v) is 14.9. The predicted molar refractivity (Wildman–Crippen MR) is 88.3 cm³/mol. The minimum atomic E-state index is -4.33. The molecule has 0 radical (unpaired) electrons. The van der Waals surface area contributed by atoms with Crippen LogP contribution in [0.5, 0.6) is 0 Å². The summed E-state index contributed by atoms with van der Waals surface area (Å²) in [4.78, 5) is -0.0851. The molecule has 23 heavy (non-hydrogen) atoms. The van der Waals surface area contributed by atoms with Gasteiger partial charge in [0.25, 0.3) is 6.33 Å². The SMILES string of the molecule is CCCCn1cc[n+](N)c1.Cc1cc(C)c(S(=O)(=O)[O-])c(C)c1. The number of benzene rings is 1. The van der Waals surface area contributed by atoms with Gasteiger partial charge in [0.2, 0.25) is 0 Å². The van der Waals surface area contributed by atoms with Crippen LogP contribution in [0.1, 0.15) is 36.5 Å². The monoisotopic (exact) mass is 339 g/mol. The van der Waals surface area contributed by atoms with Gasteiger partial charge in [-0.15, -0.1) is 4.68 Å². The summed E-state index contributed by atoms with van der Waals surface area (Å²) in [7, 11) is -4.33. The Balaban J connectivity index is 0.000000238. The molecule has 6 nitrogen and oxygen atoms in total. The third kappa shape index (κ3) is 6.03. The molecule has 1 heterocycles. The number of nitrogens with two attached hydrogens (primary N) is 1. The van der Waals surface area contributed by atoms with Crippen molar-refractivity contribution < 1.29 is 17.6 Å².